The van der Waals surface area contributed by atoms with Crippen molar-refractivity contribution in [2.24, 2.45) is 0 Å². The van der Waals surface area contributed by atoms with E-state index < -0.39 is 23.9 Å². The van der Waals surface area contributed by atoms with Crippen LogP contribution in [0.15, 0.2) is 84.9 Å². The van der Waals surface area contributed by atoms with Crippen molar-refractivity contribution >= 4 is 52.4 Å². The third-order valence-corrected chi connectivity index (χ3v) is 7.60. The molecule has 1 heterocycles. The second kappa shape index (κ2) is 12.3. The highest BCUT2D eigenvalue weighted by atomic mass is 35.5. The predicted molar refractivity (Wildman–Crippen MR) is 149 cm³/mol. The normalized spacial score (nSPS) is 11.6. The summed E-state index contributed by atoms with van der Waals surface area (Å²) in [6.07, 6.45) is 0.125. The maximum absolute atomic E-state index is 13.7. The molecule has 1 atom stereocenters. The number of thiophene rings is 1. The van der Waals surface area contributed by atoms with E-state index in [2.05, 4.69) is 0 Å². The molecule has 38 heavy (non-hydrogen) atoms. The summed E-state index contributed by atoms with van der Waals surface area (Å²) in [5.74, 6) is -2.05. The van der Waals surface area contributed by atoms with E-state index in [1.807, 2.05) is 54.6 Å². The number of carboxylic acid groups (broad SMARTS) is 1. The molecular formula is C29H23Cl2NO5S. The molecule has 1 aromatic heterocycles. The first-order chi connectivity index (χ1) is 18.3. The van der Waals surface area contributed by atoms with Crippen LogP contribution < -0.4 is 0 Å². The SMILES string of the molecule is COC(=O)c1ccc(-c2ccc(CN(C(=O)c3ccc(Cl)cc3Cl)[C@@H](Cc3ccccc3)C(=O)O)s2)cc1. The Hall–Kier alpha value is -3.65. The monoisotopic (exact) mass is 567 g/mol. The van der Waals surface area contributed by atoms with E-state index in [0.29, 0.717) is 10.6 Å². The number of methoxy groups -OCH3 is 1. The minimum Gasteiger partial charge on any atom is -0.480 e. The number of ether oxygens (including phenoxy) is 1. The minimum atomic E-state index is -1.14. The van der Waals surface area contributed by atoms with Crippen molar-refractivity contribution in [3.8, 4) is 10.4 Å². The van der Waals surface area contributed by atoms with E-state index in [4.69, 9.17) is 27.9 Å². The maximum atomic E-state index is 13.7. The lowest BCUT2D eigenvalue weighted by atomic mass is 10.0. The topological polar surface area (TPSA) is 83.9 Å². The number of carboxylic acids is 1. The van der Waals surface area contributed by atoms with E-state index in [0.717, 1.165) is 20.9 Å². The molecule has 0 spiro atoms. The van der Waals surface area contributed by atoms with E-state index in [1.54, 1.807) is 18.2 Å². The van der Waals surface area contributed by atoms with Gasteiger partial charge in [-0.2, -0.15) is 0 Å². The Morgan fingerprint density at radius 2 is 1.66 bits per heavy atom. The van der Waals surface area contributed by atoms with E-state index in [-0.39, 0.29) is 23.6 Å². The Morgan fingerprint density at radius 1 is 0.947 bits per heavy atom. The molecule has 6 nitrogen and oxygen atoms in total. The van der Waals surface area contributed by atoms with Gasteiger partial charge >= 0.3 is 11.9 Å². The van der Waals surface area contributed by atoms with Crippen molar-refractivity contribution in [2.45, 2.75) is 19.0 Å². The lowest BCUT2D eigenvalue weighted by molar-refractivity contribution is -0.142. The highest BCUT2D eigenvalue weighted by Crippen LogP contribution is 2.31. The van der Waals surface area contributed by atoms with Crippen LogP contribution in [-0.4, -0.2) is 41.0 Å². The zero-order valence-corrected chi connectivity index (χ0v) is 22.6. The third kappa shape index (κ3) is 6.42. The number of benzene rings is 3. The summed E-state index contributed by atoms with van der Waals surface area (Å²) < 4.78 is 4.75. The van der Waals surface area contributed by atoms with Crippen LogP contribution >= 0.6 is 34.5 Å². The van der Waals surface area contributed by atoms with Gasteiger partial charge in [-0.15, -0.1) is 11.3 Å². The zero-order valence-electron chi connectivity index (χ0n) is 20.3. The van der Waals surface area contributed by atoms with Crippen LogP contribution in [0.3, 0.4) is 0 Å². The largest absolute Gasteiger partial charge is 0.480 e. The van der Waals surface area contributed by atoms with Crippen LogP contribution in [0.2, 0.25) is 10.0 Å². The molecule has 9 heteroatoms. The van der Waals surface area contributed by atoms with Crippen LogP contribution in [0.25, 0.3) is 10.4 Å². The zero-order chi connectivity index (χ0) is 27.2. The van der Waals surface area contributed by atoms with Gasteiger partial charge in [-0.1, -0.05) is 65.7 Å². The predicted octanol–water partition coefficient (Wildman–Crippen LogP) is 6.85. The molecule has 0 unspecified atom stereocenters. The van der Waals surface area contributed by atoms with Crippen LogP contribution in [0, 0.1) is 0 Å². The fraction of sp³-hybridized carbons (Fsp3) is 0.138. The Labute approximate surface area is 234 Å². The first-order valence-corrected chi connectivity index (χ1v) is 13.1. The Kier molecular flexibility index (Phi) is 8.84. The molecule has 0 fully saturated rings. The van der Waals surface area contributed by atoms with Gasteiger partial charge < -0.3 is 14.7 Å². The van der Waals surface area contributed by atoms with Crippen LogP contribution in [0.1, 0.15) is 31.2 Å². The number of hydrogen-bond acceptors (Lipinski definition) is 5. The summed E-state index contributed by atoms with van der Waals surface area (Å²) in [6.45, 7) is 0.0620. The number of carbonyl (C=O) groups excluding carboxylic acids is 2. The van der Waals surface area contributed by atoms with Crippen LogP contribution in [0.4, 0.5) is 0 Å². The lowest BCUT2D eigenvalue weighted by Crippen LogP contribution is -2.46. The minimum absolute atomic E-state index is 0.0620. The fourth-order valence-electron chi connectivity index (χ4n) is 3.98. The van der Waals surface area contributed by atoms with Gasteiger partial charge in [-0.3, -0.25) is 4.79 Å². The molecule has 0 bridgehead atoms. The molecule has 4 aromatic rings. The molecule has 0 radical (unpaired) electrons. The van der Waals surface area contributed by atoms with E-state index >= 15 is 0 Å². The van der Waals surface area contributed by atoms with Gasteiger partial charge in [-0.25, -0.2) is 9.59 Å². The first-order valence-electron chi connectivity index (χ1n) is 11.6. The summed E-state index contributed by atoms with van der Waals surface area (Å²) in [5, 5.41) is 10.7. The summed E-state index contributed by atoms with van der Waals surface area (Å²) in [7, 11) is 1.33. The van der Waals surface area contributed by atoms with Gasteiger partial charge in [0.05, 0.1) is 29.8 Å². The molecule has 1 N–H and O–H groups in total. The smallest absolute Gasteiger partial charge is 0.337 e. The fourth-order valence-corrected chi connectivity index (χ4v) is 5.49. The quantitative estimate of drug-likeness (QED) is 0.224. The molecule has 3 aromatic carbocycles. The Morgan fingerprint density at radius 3 is 2.29 bits per heavy atom. The van der Waals surface area contributed by atoms with Crippen molar-refractivity contribution < 1.29 is 24.2 Å². The molecule has 0 saturated carbocycles. The number of esters is 1. The summed E-state index contributed by atoms with van der Waals surface area (Å²) in [5.41, 5.74) is 2.28. The second-order valence-electron chi connectivity index (χ2n) is 8.44. The van der Waals surface area contributed by atoms with E-state index in [9.17, 15) is 19.5 Å². The lowest BCUT2D eigenvalue weighted by Gasteiger charge is -2.29. The van der Waals surface area contributed by atoms with Gasteiger partial charge in [0.1, 0.15) is 6.04 Å². The van der Waals surface area contributed by atoms with Crippen molar-refractivity contribution in [1.82, 2.24) is 4.90 Å². The Bertz CT molecular complexity index is 1450. The highest BCUT2D eigenvalue weighted by molar-refractivity contribution is 7.15. The molecule has 4 rings (SSSR count). The number of rotatable bonds is 9. The first kappa shape index (κ1) is 27.4. The van der Waals surface area contributed by atoms with Crippen molar-refractivity contribution in [3.05, 3.63) is 117 Å². The number of aliphatic carboxylic acids is 1. The summed E-state index contributed by atoms with van der Waals surface area (Å²) in [4.78, 5) is 41.0. The molecular weight excluding hydrogens is 545 g/mol. The molecule has 0 saturated heterocycles. The number of amides is 1. The van der Waals surface area contributed by atoms with Gasteiger partial charge in [-0.05, 0) is 53.6 Å². The maximum Gasteiger partial charge on any atom is 0.337 e. The highest BCUT2D eigenvalue weighted by Gasteiger charge is 2.32. The van der Waals surface area contributed by atoms with Gasteiger partial charge in [0.15, 0.2) is 0 Å². The average Bonchev–Trinajstić information content (AvgIpc) is 3.39. The van der Waals surface area contributed by atoms with E-state index in [1.165, 1.54) is 35.5 Å². The second-order valence-corrected chi connectivity index (χ2v) is 10.4. The molecule has 1 amide bonds. The average molecular weight is 568 g/mol. The van der Waals surface area contributed by atoms with Crippen molar-refractivity contribution in [3.63, 3.8) is 0 Å². The molecule has 0 aliphatic carbocycles. The summed E-state index contributed by atoms with van der Waals surface area (Å²) in [6, 6.07) is 23.3. The standard InChI is InChI=1S/C29H23Cl2NO5S/c1-37-29(36)20-9-7-19(8-10-20)26-14-12-22(38-26)17-32(27(33)23-13-11-21(30)16-24(23)31)25(28(34)35)15-18-5-3-2-4-6-18/h2-14,16,25H,15,17H2,1H3,(H,34,35)/t25-/m0/s1. The van der Waals surface area contributed by atoms with Crippen molar-refractivity contribution in [1.29, 1.82) is 0 Å². The molecule has 0 aliphatic rings. The van der Waals surface area contributed by atoms with Crippen LogP contribution in [0.5, 0.6) is 0 Å². The third-order valence-electron chi connectivity index (χ3n) is 5.93. The number of halogens is 2. The van der Waals surface area contributed by atoms with Gasteiger partial charge in [0.2, 0.25) is 0 Å². The van der Waals surface area contributed by atoms with Gasteiger partial charge in [0.25, 0.3) is 5.91 Å². The number of hydrogen-bond donors (Lipinski definition) is 1. The van der Waals surface area contributed by atoms with Crippen LogP contribution in [-0.2, 0) is 22.5 Å². The Balaban J connectivity index is 1.67. The van der Waals surface area contributed by atoms with Gasteiger partial charge in [0, 0.05) is 21.2 Å². The number of nitrogens with zero attached hydrogens (tertiary/aromatic N) is 1. The summed E-state index contributed by atoms with van der Waals surface area (Å²) >= 11 is 13.8. The molecule has 194 valence electrons. The molecule has 0 aliphatic heterocycles. The number of carbonyl (C=O) groups is 3. The van der Waals surface area contributed by atoms with Crippen molar-refractivity contribution in [2.75, 3.05) is 7.11 Å².